The Morgan fingerprint density at radius 3 is 2.55 bits per heavy atom. The summed E-state index contributed by atoms with van der Waals surface area (Å²) in [6.07, 6.45) is 1.99. The zero-order valence-electron chi connectivity index (χ0n) is 11.9. The predicted molar refractivity (Wildman–Crippen MR) is 73.8 cm³/mol. The molecule has 0 aliphatic heterocycles. The standard InChI is InChI=1S/C15H20O5/c1-18-10-13(16)7-3-5-12-6-4-8-14(9-12)20-15(17)11-19-2/h4,6,8-9H,3,5,7,10-11H2,1-2H3. The second-order valence-corrected chi connectivity index (χ2v) is 4.38. The molecule has 0 spiro atoms. The lowest BCUT2D eigenvalue weighted by Crippen LogP contribution is -2.14. The summed E-state index contributed by atoms with van der Waals surface area (Å²) in [5, 5.41) is 0. The molecule has 0 atom stereocenters. The highest BCUT2D eigenvalue weighted by Gasteiger charge is 2.05. The highest BCUT2D eigenvalue weighted by molar-refractivity contribution is 5.79. The highest BCUT2D eigenvalue weighted by atomic mass is 16.6. The van der Waals surface area contributed by atoms with Crippen LogP contribution < -0.4 is 4.74 Å². The number of carbonyl (C=O) groups is 2. The molecule has 0 saturated heterocycles. The largest absolute Gasteiger partial charge is 0.425 e. The summed E-state index contributed by atoms with van der Waals surface area (Å²) < 4.78 is 14.6. The molecule has 0 aliphatic carbocycles. The van der Waals surface area contributed by atoms with Crippen molar-refractivity contribution in [2.24, 2.45) is 0 Å². The van der Waals surface area contributed by atoms with Crippen molar-refractivity contribution in [3.05, 3.63) is 29.8 Å². The van der Waals surface area contributed by atoms with E-state index in [1.54, 1.807) is 12.1 Å². The minimum absolute atomic E-state index is 0.0737. The summed E-state index contributed by atoms with van der Waals surface area (Å²) in [4.78, 5) is 22.6. The minimum atomic E-state index is -0.431. The van der Waals surface area contributed by atoms with Crippen LogP contribution in [-0.4, -0.2) is 39.2 Å². The lowest BCUT2D eigenvalue weighted by Gasteiger charge is -2.06. The number of benzene rings is 1. The second kappa shape index (κ2) is 9.23. The van der Waals surface area contributed by atoms with E-state index in [-0.39, 0.29) is 19.0 Å². The third-order valence-corrected chi connectivity index (χ3v) is 2.62. The van der Waals surface area contributed by atoms with Gasteiger partial charge in [0.25, 0.3) is 0 Å². The van der Waals surface area contributed by atoms with Crippen molar-refractivity contribution in [1.82, 2.24) is 0 Å². The van der Waals surface area contributed by atoms with Gasteiger partial charge in [0.05, 0.1) is 0 Å². The first-order valence-corrected chi connectivity index (χ1v) is 6.45. The molecule has 20 heavy (non-hydrogen) atoms. The molecular weight excluding hydrogens is 260 g/mol. The summed E-state index contributed by atoms with van der Waals surface area (Å²) in [5.74, 6) is 0.155. The molecule has 1 aromatic carbocycles. The number of Topliss-reactive ketones (excluding diaryl/α,β-unsaturated/α-hetero) is 1. The minimum Gasteiger partial charge on any atom is -0.425 e. The monoisotopic (exact) mass is 280 g/mol. The Hall–Kier alpha value is -1.72. The van der Waals surface area contributed by atoms with E-state index in [2.05, 4.69) is 0 Å². The van der Waals surface area contributed by atoms with Crippen LogP contribution in [-0.2, 0) is 25.5 Å². The Labute approximate surface area is 118 Å². The SMILES string of the molecule is COCC(=O)CCCc1cccc(OC(=O)COC)c1. The van der Waals surface area contributed by atoms with E-state index >= 15 is 0 Å². The van der Waals surface area contributed by atoms with E-state index in [0.717, 1.165) is 18.4 Å². The van der Waals surface area contributed by atoms with Crippen LogP contribution in [0.2, 0.25) is 0 Å². The van der Waals surface area contributed by atoms with E-state index < -0.39 is 5.97 Å². The van der Waals surface area contributed by atoms with Gasteiger partial charge in [0.15, 0.2) is 5.78 Å². The Morgan fingerprint density at radius 1 is 1.10 bits per heavy atom. The molecule has 0 aromatic heterocycles. The van der Waals surface area contributed by atoms with Gasteiger partial charge in [-0.05, 0) is 30.5 Å². The maximum absolute atomic E-state index is 11.3. The van der Waals surface area contributed by atoms with Crippen LogP contribution in [0, 0.1) is 0 Å². The maximum atomic E-state index is 11.3. The molecule has 0 fully saturated rings. The summed E-state index contributed by atoms with van der Waals surface area (Å²) >= 11 is 0. The van der Waals surface area contributed by atoms with Crippen molar-refractivity contribution in [2.75, 3.05) is 27.4 Å². The highest BCUT2D eigenvalue weighted by Crippen LogP contribution is 2.15. The van der Waals surface area contributed by atoms with Crippen LogP contribution in [0.1, 0.15) is 18.4 Å². The Bertz CT molecular complexity index is 442. The maximum Gasteiger partial charge on any atom is 0.337 e. The predicted octanol–water partition coefficient (Wildman–Crippen LogP) is 1.78. The van der Waals surface area contributed by atoms with E-state index in [4.69, 9.17) is 14.2 Å². The Kier molecular flexibility index (Phi) is 7.54. The number of carbonyl (C=O) groups excluding carboxylic acids is 2. The van der Waals surface area contributed by atoms with Crippen molar-refractivity contribution >= 4 is 11.8 Å². The van der Waals surface area contributed by atoms with Gasteiger partial charge in [0, 0.05) is 20.6 Å². The van der Waals surface area contributed by atoms with Gasteiger partial charge >= 0.3 is 5.97 Å². The molecule has 0 unspecified atom stereocenters. The van der Waals surface area contributed by atoms with Crippen molar-refractivity contribution in [3.8, 4) is 5.75 Å². The van der Waals surface area contributed by atoms with Crippen molar-refractivity contribution < 1.29 is 23.8 Å². The molecule has 1 aromatic rings. The van der Waals surface area contributed by atoms with Crippen LogP contribution >= 0.6 is 0 Å². The fourth-order valence-corrected chi connectivity index (χ4v) is 1.77. The van der Waals surface area contributed by atoms with Crippen LogP contribution in [0.4, 0.5) is 0 Å². The van der Waals surface area contributed by atoms with Gasteiger partial charge in [-0.15, -0.1) is 0 Å². The molecule has 5 heteroatoms. The number of ketones is 1. The molecule has 0 aliphatic rings. The molecular formula is C15H20O5. The van der Waals surface area contributed by atoms with Crippen LogP contribution in [0.5, 0.6) is 5.75 Å². The number of hydrogen-bond acceptors (Lipinski definition) is 5. The number of ether oxygens (including phenoxy) is 3. The molecule has 0 bridgehead atoms. The molecule has 110 valence electrons. The van der Waals surface area contributed by atoms with Gasteiger partial charge in [0.1, 0.15) is 19.0 Å². The third-order valence-electron chi connectivity index (χ3n) is 2.62. The number of esters is 1. The second-order valence-electron chi connectivity index (χ2n) is 4.38. The van der Waals surface area contributed by atoms with E-state index in [9.17, 15) is 9.59 Å². The fourth-order valence-electron chi connectivity index (χ4n) is 1.77. The number of rotatable bonds is 9. The lowest BCUT2D eigenvalue weighted by molar-refractivity contribution is -0.138. The summed E-state index contributed by atoms with van der Waals surface area (Å²) in [6.45, 7) is 0.0877. The summed E-state index contributed by atoms with van der Waals surface area (Å²) in [7, 11) is 2.95. The summed E-state index contributed by atoms with van der Waals surface area (Å²) in [6, 6.07) is 7.28. The number of methoxy groups -OCH3 is 2. The topological polar surface area (TPSA) is 61.8 Å². The average Bonchev–Trinajstić information content (AvgIpc) is 2.39. The Morgan fingerprint density at radius 2 is 1.85 bits per heavy atom. The van der Waals surface area contributed by atoms with Gasteiger partial charge in [-0.2, -0.15) is 0 Å². The average molecular weight is 280 g/mol. The smallest absolute Gasteiger partial charge is 0.337 e. The molecule has 0 saturated carbocycles. The Balaban J connectivity index is 2.43. The van der Waals surface area contributed by atoms with Gasteiger partial charge < -0.3 is 14.2 Å². The first-order chi connectivity index (χ1) is 9.65. The zero-order valence-corrected chi connectivity index (χ0v) is 11.9. The normalized spacial score (nSPS) is 10.3. The van der Waals surface area contributed by atoms with Gasteiger partial charge in [0.2, 0.25) is 0 Å². The first-order valence-electron chi connectivity index (χ1n) is 6.45. The zero-order chi connectivity index (χ0) is 14.8. The van der Waals surface area contributed by atoms with E-state index in [1.165, 1.54) is 14.2 Å². The molecule has 0 radical (unpaired) electrons. The van der Waals surface area contributed by atoms with E-state index in [1.807, 2.05) is 12.1 Å². The van der Waals surface area contributed by atoms with Gasteiger partial charge in [-0.3, -0.25) is 4.79 Å². The van der Waals surface area contributed by atoms with Crippen molar-refractivity contribution in [3.63, 3.8) is 0 Å². The first kappa shape index (κ1) is 16.3. The molecule has 5 nitrogen and oxygen atoms in total. The van der Waals surface area contributed by atoms with Crippen molar-refractivity contribution in [1.29, 1.82) is 0 Å². The summed E-state index contributed by atoms with van der Waals surface area (Å²) in [5.41, 5.74) is 1.03. The van der Waals surface area contributed by atoms with Crippen molar-refractivity contribution in [2.45, 2.75) is 19.3 Å². The fraction of sp³-hybridized carbons (Fsp3) is 0.467. The van der Waals surface area contributed by atoms with Gasteiger partial charge in [-0.1, -0.05) is 12.1 Å². The molecule has 1 rings (SSSR count). The lowest BCUT2D eigenvalue weighted by atomic mass is 10.1. The van der Waals surface area contributed by atoms with Crippen LogP contribution in [0.15, 0.2) is 24.3 Å². The number of hydrogen-bond donors (Lipinski definition) is 0. The third kappa shape index (κ3) is 6.45. The van der Waals surface area contributed by atoms with E-state index in [0.29, 0.717) is 12.2 Å². The molecule has 0 N–H and O–H groups in total. The molecule has 0 heterocycles. The van der Waals surface area contributed by atoms with Crippen LogP contribution in [0.3, 0.4) is 0 Å². The van der Waals surface area contributed by atoms with Crippen LogP contribution in [0.25, 0.3) is 0 Å². The molecule has 0 amide bonds. The van der Waals surface area contributed by atoms with Gasteiger partial charge in [-0.25, -0.2) is 4.79 Å². The number of aryl methyl sites for hydroxylation is 1. The quantitative estimate of drug-likeness (QED) is 0.509.